The molecule has 0 bridgehead atoms. The van der Waals surface area contributed by atoms with Crippen molar-refractivity contribution in [1.29, 1.82) is 0 Å². The van der Waals surface area contributed by atoms with Crippen molar-refractivity contribution in [2.45, 2.75) is 6.54 Å². The first-order valence-electron chi connectivity index (χ1n) is 5.73. The quantitative estimate of drug-likeness (QED) is 0.943. The first kappa shape index (κ1) is 13.8. The van der Waals surface area contributed by atoms with E-state index in [1.54, 1.807) is 30.6 Å². The Kier molecular flexibility index (Phi) is 4.39. The molecular formula is C13H14ClN3OS. The van der Waals surface area contributed by atoms with Crippen LogP contribution in [0.3, 0.4) is 0 Å². The molecule has 100 valence electrons. The third kappa shape index (κ3) is 3.45. The average Bonchev–Trinajstić information content (AvgIpc) is 2.83. The smallest absolute Gasteiger partial charge is 0.252 e. The summed E-state index contributed by atoms with van der Waals surface area (Å²) in [5, 5.41) is 2.57. The highest BCUT2D eigenvalue weighted by atomic mass is 35.5. The lowest BCUT2D eigenvalue weighted by Gasteiger charge is -2.17. The van der Waals surface area contributed by atoms with Crippen molar-refractivity contribution in [1.82, 2.24) is 10.3 Å². The first-order chi connectivity index (χ1) is 9.10. The fourth-order valence-corrected chi connectivity index (χ4v) is 2.78. The molecular weight excluding hydrogens is 282 g/mol. The highest BCUT2D eigenvalue weighted by Gasteiger charge is 2.08. The highest BCUT2D eigenvalue weighted by molar-refractivity contribution is 7.16. The summed E-state index contributed by atoms with van der Waals surface area (Å²) in [5.41, 5.74) is 0.554. The molecule has 1 N–H and O–H groups in total. The zero-order valence-electron chi connectivity index (χ0n) is 10.7. The number of hydrogen-bond donors (Lipinski definition) is 1. The molecule has 6 heteroatoms. The van der Waals surface area contributed by atoms with Crippen LogP contribution in [0.4, 0.5) is 5.82 Å². The lowest BCUT2D eigenvalue weighted by atomic mass is 10.2. The van der Waals surface area contributed by atoms with E-state index in [2.05, 4.69) is 10.3 Å². The Morgan fingerprint density at radius 2 is 2.21 bits per heavy atom. The third-order valence-electron chi connectivity index (χ3n) is 2.65. The molecule has 4 nitrogen and oxygen atoms in total. The Bertz CT molecular complexity index is 568. The van der Waals surface area contributed by atoms with Crippen LogP contribution in [0.2, 0.25) is 4.34 Å². The first-order valence-corrected chi connectivity index (χ1v) is 6.93. The second-order valence-electron chi connectivity index (χ2n) is 4.05. The Hall–Kier alpha value is -1.59. The molecule has 0 fully saturated rings. The molecule has 19 heavy (non-hydrogen) atoms. The van der Waals surface area contributed by atoms with Crippen LogP contribution in [0.25, 0.3) is 0 Å². The van der Waals surface area contributed by atoms with Gasteiger partial charge in [0.2, 0.25) is 0 Å². The summed E-state index contributed by atoms with van der Waals surface area (Å²) in [6.07, 6.45) is 1.58. The normalized spacial score (nSPS) is 10.3. The van der Waals surface area contributed by atoms with Gasteiger partial charge in [0.05, 0.1) is 16.4 Å². The molecule has 0 unspecified atom stereocenters. The average molecular weight is 296 g/mol. The van der Waals surface area contributed by atoms with Gasteiger partial charge in [0.25, 0.3) is 5.91 Å². The summed E-state index contributed by atoms with van der Waals surface area (Å²) in [6.45, 7) is 0.740. The minimum absolute atomic E-state index is 0.133. The fraction of sp³-hybridized carbons (Fsp3) is 0.231. The van der Waals surface area contributed by atoms with Crippen LogP contribution in [0.15, 0.2) is 30.5 Å². The predicted octanol–water partition coefficient (Wildman–Crippen LogP) is 2.79. The fourth-order valence-electron chi connectivity index (χ4n) is 1.64. The van der Waals surface area contributed by atoms with E-state index in [0.717, 1.165) is 16.7 Å². The summed E-state index contributed by atoms with van der Waals surface area (Å²) in [5.74, 6) is 0.684. The minimum Gasteiger partial charge on any atom is -0.355 e. The van der Waals surface area contributed by atoms with Crippen LogP contribution < -0.4 is 10.2 Å². The monoisotopic (exact) mass is 295 g/mol. The van der Waals surface area contributed by atoms with Gasteiger partial charge >= 0.3 is 0 Å². The molecule has 0 aliphatic rings. The van der Waals surface area contributed by atoms with Crippen LogP contribution in [0.1, 0.15) is 15.2 Å². The third-order valence-corrected chi connectivity index (χ3v) is 3.87. The van der Waals surface area contributed by atoms with Gasteiger partial charge in [-0.05, 0) is 24.3 Å². The van der Waals surface area contributed by atoms with Crippen molar-refractivity contribution in [3.63, 3.8) is 0 Å². The van der Waals surface area contributed by atoms with E-state index in [-0.39, 0.29) is 5.91 Å². The molecule has 2 heterocycles. The number of carbonyl (C=O) groups excluding carboxylic acids is 1. The molecule has 0 aliphatic heterocycles. The van der Waals surface area contributed by atoms with Crippen LogP contribution in [0.5, 0.6) is 0 Å². The predicted molar refractivity (Wildman–Crippen MR) is 79.1 cm³/mol. The van der Waals surface area contributed by atoms with Crippen molar-refractivity contribution in [2.24, 2.45) is 0 Å². The lowest BCUT2D eigenvalue weighted by Crippen LogP contribution is -2.20. The van der Waals surface area contributed by atoms with Crippen molar-refractivity contribution >= 4 is 34.7 Å². The molecule has 2 aromatic heterocycles. The molecule has 0 aromatic carbocycles. The molecule has 0 atom stereocenters. The van der Waals surface area contributed by atoms with Gasteiger partial charge in [-0.3, -0.25) is 4.79 Å². The van der Waals surface area contributed by atoms with E-state index < -0.39 is 0 Å². The molecule has 2 rings (SSSR count). The van der Waals surface area contributed by atoms with Crippen LogP contribution in [-0.4, -0.2) is 25.0 Å². The highest BCUT2D eigenvalue weighted by Crippen LogP contribution is 2.23. The van der Waals surface area contributed by atoms with Gasteiger partial charge in [0.1, 0.15) is 5.82 Å². The van der Waals surface area contributed by atoms with Gasteiger partial charge in [0, 0.05) is 25.2 Å². The number of hydrogen-bond acceptors (Lipinski definition) is 4. The summed E-state index contributed by atoms with van der Waals surface area (Å²) in [4.78, 5) is 18.9. The van der Waals surface area contributed by atoms with E-state index in [4.69, 9.17) is 11.6 Å². The second-order valence-corrected chi connectivity index (χ2v) is 5.85. The number of nitrogens with zero attached hydrogens (tertiary/aromatic N) is 2. The maximum atomic E-state index is 11.4. The number of amides is 1. The maximum absolute atomic E-state index is 11.4. The zero-order chi connectivity index (χ0) is 13.8. The van der Waals surface area contributed by atoms with Crippen LogP contribution >= 0.6 is 22.9 Å². The van der Waals surface area contributed by atoms with E-state index in [0.29, 0.717) is 5.56 Å². The Labute approximate surface area is 121 Å². The minimum atomic E-state index is -0.133. The second kappa shape index (κ2) is 6.04. The van der Waals surface area contributed by atoms with Gasteiger partial charge in [-0.1, -0.05) is 11.6 Å². The topological polar surface area (TPSA) is 45.2 Å². The van der Waals surface area contributed by atoms with Gasteiger partial charge < -0.3 is 10.2 Å². The number of thiophene rings is 1. The number of anilines is 1. The van der Waals surface area contributed by atoms with Gasteiger partial charge in [-0.2, -0.15) is 0 Å². The number of pyridine rings is 1. The van der Waals surface area contributed by atoms with Crippen LogP contribution in [-0.2, 0) is 6.54 Å². The molecule has 0 saturated heterocycles. The molecule has 1 amide bonds. The zero-order valence-corrected chi connectivity index (χ0v) is 12.3. The number of carbonyl (C=O) groups is 1. The maximum Gasteiger partial charge on any atom is 0.252 e. The Morgan fingerprint density at radius 3 is 2.74 bits per heavy atom. The lowest BCUT2D eigenvalue weighted by molar-refractivity contribution is 0.0963. The summed E-state index contributed by atoms with van der Waals surface area (Å²) in [6, 6.07) is 7.48. The van der Waals surface area contributed by atoms with Gasteiger partial charge in [-0.15, -0.1) is 11.3 Å². The van der Waals surface area contributed by atoms with Crippen molar-refractivity contribution in [3.8, 4) is 0 Å². The molecule has 0 saturated carbocycles. The summed E-state index contributed by atoms with van der Waals surface area (Å²) >= 11 is 7.46. The van der Waals surface area contributed by atoms with E-state index in [1.165, 1.54) is 4.88 Å². The molecule has 0 spiro atoms. The van der Waals surface area contributed by atoms with E-state index in [1.807, 2.05) is 30.1 Å². The molecule has 2 aromatic rings. The van der Waals surface area contributed by atoms with Gasteiger partial charge in [0.15, 0.2) is 0 Å². The number of halogens is 1. The Morgan fingerprint density at radius 1 is 1.42 bits per heavy atom. The standard InChI is InChI=1S/C13H14ClN3OS/c1-15-13(18)9-3-6-12(16-7-9)17(2)8-10-4-5-11(14)19-10/h3-7H,8H2,1-2H3,(H,15,18). The number of rotatable bonds is 4. The van der Waals surface area contributed by atoms with E-state index in [9.17, 15) is 4.79 Å². The van der Waals surface area contributed by atoms with Crippen molar-refractivity contribution in [2.75, 3.05) is 19.0 Å². The molecule has 0 aliphatic carbocycles. The van der Waals surface area contributed by atoms with Crippen LogP contribution in [0, 0.1) is 0 Å². The number of nitrogens with one attached hydrogen (secondary N) is 1. The van der Waals surface area contributed by atoms with E-state index >= 15 is 0 Å². The van der Waals surface area contributed by atoms with Crippen molar-refractivity contribution < 1.29 is 4.79 Å². The summed E-state index contributed by atoms with van der Waals surface area (Å²) in [7, 11) is 3.55. The largest absolute Gasteiger partial charge is 0.355 e. The SMILES string of the molecule is CNC(=O)c1ccc(N(C)Cc2ccc(Cl)s2)nc1. The Balaban J connectivity index is 2.07. The number of aromatic nitrogens is 1. The summed E-state index contributed by atoms with van der Waals surface area (Å²) < 4.78 is 0.784. The van der Waals surface area contributed by atoms with Gasteiger partial charge in [-0.25, -0.2) is 4.98 Å². The van der Waals surface area contributed by atoms with Crippen molar-refractivity contribution in [3.05, 3.63) is 45.2 Å². The molecule has 0 radical (unpaired) electrons.